The third-order valence-electron chi connectivity index (χ3n) is 1.28. The van der Waals surface area contributed by atoms with E-state index in [1.54, 1.807) is 0 Å². The van der Waals surface area contributed by atoms with Crippen molar-refractivity contribution in [3.63, 3.8) is 0 Å². The second-order valence-corrected chi connectivity index (χ2v) is 3.99. The highest BCUT2D eigenvalue weighted by atomic mass is 31.2. The third kappa shape index (κ3) is 1.65. The Morgan fingerprint density at radius 2 is 2.00 bits per heavy atom. The molecule has 0 spiro atoms. The molecule has 0 unspecified atom stereocenters. The van der Waals surface area contributed by atoms with E-state index in [0.717, 1.165) is 6.92 Å². The molecule has 0 amide bonds. The van der Waals surface area contributed by atoms with Crippen molar-refractivity contribution >= 4 is 20.3 Å². The lowest BCUT2D eigenvalue weighted by Gasteiger charge is -2.19. The molecule has 0 aromatic carbocycles. The van der Waals surface area contributed by atoms with Gasteiger partial charge in [-0.15, -0.1) is 0 Å². The predicted molar refractivity (Wildman–Crippen MR) is 37.6 cm³/mol. The summed E-state index contributed by atoms with van der Waals surface area (Å²) in [6.45, 7) is 3.61. The number of carboxylic acids is 1. The van der Waals surface area contributed by atoms with Crippen LogP contribution in [0.3, 0.4) is 0 Å². The van der Waals surface area contributed by atoms with Crippen LogP contribution in [0.4, 0.5) is 0 Å². The minimum atomic E-state index is -4.77. The fourth-order valence-electron chi connectivity index (χ4n) is 0.284. The van der Waals surface area contributed by atoms with Crippen molar-refractivity contribution in [2.24, 2.45) is 4.99 Å². The molecule has 0 aliphatic rings. The lowest BCUT2D eigenvalue weighted by atomic mass is 10.3. The van der Waals surface area contributed by atoms with Crippen LogP contribution in [0.2, 0.25) is 0 Å². The summed E-state index contributed by atoms with van der Waals surface area (Å²) in [6.07, 6.45) is 0. The van der Waals surface area contributed by atoms with Crippen molar-refractivity contribution in [1.82, 2.24) is 0 Å². The van der Waals surface area contributed by atoms with Crippen molar-refractivity contribution in [1.29, 1.82) is 0 Å². The van der Waals surface area contributed by atoms with Gasteiger partial charge in [-0.2, -0.15) is 0 Å². The Morgan fingerprint density at radius 1 is 1.64 bits per heavy atom. The molecule has 0 aromatic rings. The van der Waals surface area contributed by atoms with E-state index in [1.165, 1.54) is 0 Å². The molecule has 11 heavy (non-hydrogen) atoms. The van der Waals surface area contributed by atoms with E-state index in [2.05, 4.69) is 11.7 Å². The van der Waals surface area contributed by atoms with Crippen LogP contribution >= 0.6 is 7.60 Å². The highest BCUT2D eigenvalue weighted by molar-refractivity contribution is 7.54. The lowest BCUT2D eigenvalue weighted by molar-refractivity contribution is -0.139. The molecule has 64 valence electrons. The van der Waals surface area contributed by atoms with Crippen molar-refractivity contribution in [3.05, 3.63) is 0 Å². The van der Waals surface area contributed by atoms with Crippen LogP contribution in [0.1, 0.15) is 6.92 Å². The number of rotatable bonds is 3. The molecule has 0 aromatic heterocycles. The number of aliphatic imine (C=N–C) groups is 1. The fraction of sp³-hybridized carbons (Fsp3) is 0.500. The highest BCUT2D eigenvalue weighted by Gasteiger charge is 2.49. The summed E-state index contributed by atoms with van der Waals surface area (Å²) >= 11 is 0. The quantitative estimate of drug-likeness (QED) is 0.408. The van der Waals surface area contributed by atoms with Gasteiger partial charge in [0.25, 0.3) is 5.28 Å². The topological polar surface area (TPSA) is 107 Å². The maximum absolute atomic E-state index is 10.5. The predicted octanol–water partition coefficient (Wildman–Crippen LogP) is -0.335. The van der Waals surface area contributed by atoms with Crippen LogP contribution in [-0.2, 0) is 9.36 Å². The third-order valence-corrected chi connectivity index (χ3v) is 2.75. The van der Waals surface area contributed by atoms with E-state index >= 15 is 0 Å². The average molecular weight is 181 g/mol. The Hall–Kier alpha value is -0.710. The number of hydrogen-bond donors (Lipinski definition) is 3. The molecule has 6 nitrogen and oxygen atoms in total. The van der Waals surface area contributed by atoms with E-state index in [-0.39, 0.29) is 0 Å². The minimum Gasteiger partial charge on any atom is -0.479 e. The molecule has 3 N–H and O–H groups in total. The van der Waals surface area contributed by atoms with Gasteiger partial charge in [0.1, 0.15) is 0 Å². The summed E-state index contributed by atoms with van der Waals surface area (Å²) in [7, 11) is -4.77. The second kappa shape index (κ2) is 2.73. The van der Waals surface area contributed by atoms with Crippen molar-refractivity contribution in [2.45, 2.75) is 12.2 Å². The van der Waals surface area contributed by atoms with Gasteiger partial charge < -0.3 is 14.9 Å². The molecule has 0 saturated carbocycles. The molecule has 0 bridgehead atoms. The van der Waals surface area contributed by atoms with Crippen LogP contribution in [0.25, 0.3) is 0 Å². The van der Waals surface area contributed by atoms with Gasteiger partial charge in [-0.3, -0.25) is 9.56 Å². The maximum Gasteiger partial charge on any atom is 0.364 e. The van der Waals surface area contributed by atoms with E-state index < -0.39 is 18.8 Å². The number of hydrogen-bond acceptors (Lipinski definition) is 3. The number of nitrogens with zero attached hydrogens (tertiary/aromatic N) is 1. The summed E-state index contributed by atoms with van der Waals surface area (Å²) in [5.74, 6) is -1.69. The van der Waals surface area contributed by atoms with Gasteiger partial charge in [0.2, 0.25) is 0 Å². The molecule has 1 atom stereocenters. The molecular formula is C4H8NO5P. The second-order valence-electron chi connectivity index (χ2n) is 2.03. The van der Waals surface area contributed by atoms with Crippen LogP contribution in [0.5, 0.6) is 0 Å². The van der Waals surface area contributed by atoms with Crippen LogP contribution in [0.15, 0.2) is 4.99 Å². The van der Waals surface area contributed by atoms with Gasteiger partial charge in [-0.25, -0.2) is 4.79 Å². The molecule has 7 heteroatoms. The van der Waals surface area contributed by atoms with E-state index in [0.29, 0.717) is 0 Å². The monoisotopic (exact) mass is 181 g/mol. The zero-order valence-corrected chi connectivity index (χ0v) is 6.65. The SMILES string of the molecule is C=N[C@@](C)(C(=O)O)P(=O)(O)O. The smallest absolute Gasteiger partial charge is 0.364 e. The normalized spacial score (nSPS) is 17.0. The van der Waals surface area contributed by atoms with Crippen LogP contribution in [-0.4, -0.2) is 32.9 Å². The molecule has 0 fully saturated rings. The first-order valence-electron chi connectivity index (χ1n) is 2.52. The first-order chi connectivity index (χ1) is 4.75. The number of carbonyl (C=O) groups is 1. The summed E-state index contributed by atoms with van der Waals surface area (Å²) < 4.78 is 10.5. The van der Waals surface area contributed by atoms with Gasteiger partial charge in [0.15, 0.2) is 0 Å². The molecule has 0 rings (SSSR count). The van der Waals surface area contributed by atoms with Gasteiger partial charge >= 0.3 is 13.6 Å². The highest BCUT2D eigenvalue weighted by Crippen LogP contribution is 2.50. The van der Waals surface area contributed by atoms with Gasteiger partial charge in [0.05, 0.1) is 0 Å². The summed E-state index contributed by atoms with van der Waals surface area (Å²) in [4.78, 5) is 30.2. The Balaban J connectivity index is 5.08. The summed E-state index contributed by atoms with van der Waals surface area (Å²) in [6, 6.07) is 0. The molecule has 0 aliphatic carbocycles. The lowest BCUT2D eigenvalue weighted by Crippen LogP contribution is -2.32. The molecule has 0 radical (unpaired) electrons. The standard InChI is InChI=1S/C4H8NO5P/c1-4(5-2,3(6)7)11(8,9)10/h2H2,1H3,(H,6,7)(H2,8,9,10)/t4-/m1/s1. The summed E-state index contributed by atoms with van der Waals surface area (Å²) in [5.41, 5.74) is 0. The Bertz CT molecular complexity index is 233. The van der Waals surface area contributed by atoms with Crippen molar-refractivity contribution < 1.29 is 24.3 Å². The zero-order valence-electron chi connectivity index (χ0n) is 5.76. The first kappa shape index (κ1) is 10.3. The Kier molecular flexibility index (Phi) is 2.55. The average Bonchev–Trinajstić information content (AvgIpc) is 1.83. The van der Waals surface area contributed by atoms with E-state index in [1.807, 2.05) is 0 Å². The molecular weight excluding hydrogens is 173 g/mol. The van der Waals surface area contributed by atoms with Crippen LogP contribution in [0, 0.1) is 0 Å². The van der Waals surface area contributed by atoms with Gasteiger partial charge in [0, 0.05) is 0 Å². The van der Waals surface area contributed by atoms with E-state index in [4.69, 9.17) is 14.9 Å². The van der Waals surface area contributed by atoms with E-state index in [9.17, 15) is 9.36 Å². The van der Waals surface area contributed by atoms with Crippen LogP contribution < -0.4 is 0 Å². The number of aliphatic carboxylic acids is 1. The largest absolute Gasteiger partial charge is 0.479 e. The minimum absolute atomic E-state index is 0.809. The van der Waals surface area contributed by atoms with Crippen molar-refractivity contribution in [2.75, 3.05) is 0 Å². The maximum atomic E-state index is 10.5. The molecule has 0 saturated heterocycles. The first-order valence-corrected chi connectivity index (χ1v) is 4.14. The Labute approximate surface area is 62.7 Å². The molecule has 0 heterocycles. The number of carboxylic acid groups (broad SMARTS) is 1. The zero-order chi connectivity index (χ0) is 9.28. The van der Waals surface area contributed by atoms with Crippen molar-refractivity contribution in [3.8, 4) is 0 Å². The molecule has 0 aliphatic heterocycles. The van der Waals surface area contributed by atoms with Gasteiger partial charge in [-0.1, -0.05) is 0 Å². The fourth-order valence-corrected chi connectivity index (χ4v) is 0.718. The Morgan fingerprint density at radius 3 is 2.00 bits per heavy atom. The van der Waals surface area contributed by atoms with Gasteiger partial charge in [-0.05, 0) is 13.6 Å². The summed E-state index contributed by atoms with van der Waals surface area (Å²) in [5, 5.41) is 5.92.